The number of hydrogen-bond donors (Lipinski definition) is 1. The Hall–Kier alpha value is -3.33. The molecule has 1 N–H and O–H groups in total. The summed E-state index contributed by atoms with van der Waals surface area (Å²) in [5.74, 6) is -2.63. The van der Waals surface area contributed by atoms with Gasteiger partial charge in [0.2, 0.25) is 0 Å². The number of carbonyl (C=O) groups excluding carboxylic acids is 3. The summed E-state index contributed by atoms with van der Waals surface area (Å²) in [4.78, 5) is 38.2. The van der Waals surface area contributed by atoms with Crippen LogP contribution in [0, 0.1) is 5.92 Å². The molecule has 2 aromatic rings. The molecule has 0 unspecified atom stereocenters. The zero-order chi connectivity index (χ0) is 26.6. The highest BCUT2D eigenvalue weighted by atomic mass is 19.3. The number of amides is 1. The molecule has 2 aromatic carbocycles. The number of Topliss-reactive ketones (excluding diaryl/α,β-unsaturated/α-hetero) is 1. The molecule has 0 aliphatic rings. The molecule has 0 spiro atoms. The van der Waals surface area contributed by atoms with E-state index in [9.17, 15) is 23.2 Å². The van der Waals surface area contributed by atoms with Gasteiger partial charge in [0.05, 0.1) is 18.6 Å². The molecule has 0 bridgehead atoms. The van der Waals surface area contributed by atoms with E-state index in [2.05, 4.69) is 10.1 Å². The zero-order valence-corrected chi connectivity index (χ0v) is 20.7. The highest BCUT2D eigenvalue weighted by molar-refractivity contribution is 5.90. The van der Waals surface area contributed by atoms with Gasteiger partial charge in [0.15, 0.2) is 5.78 Å². The van der Waals surface area contributed by atoms with Crippen LogP contribution in [-0.4, -0.2) is 42.7 Å². The summed E-state index contributed by atoms with van der Waals surface area (Å²) in [6.07, 6.45) is -0.552. The van der Waals surface area contributed by atoms with E-state index >= 15 is 0 Å². The second-order valence-electron chi connectivity index (χ2n) is 9.28. The fourth-order valence-electron chi connectivity index (χ4n) is 3.35. The van der Waals surface area contributed by atoms with E-state index in [1.165, 1.54) is 0 Å². The Morgan fingerprint density at radius 1 is 0.917 bits per heavy atom. The number of ether oxygens (including phenoxy) is 3. The van der Waals surface area contributed by atoms with Crippen molar-refractivity contribution in [3.63, 3.8) is 0 Å². The van der Waals surface area contributed by atoms with Crippen molar-refractivity contribution < 1.29 is 37.4 Å². The number of esters is 1. The van der Waals surface area contributed by atoms with Gasteiger partial charge in [-0.2, -0.15) is 8.78 Å². The van der Waals surface area contributed by atoms with Crippen molar-refractivity contribution in [1.82, 2.24) is 5.32 Å². The number of carbonyl (C=O) groups is 3. The molecule has 7 nitrogen and oxygen atoms in total. The van der Waals surface area contributed by atoms with Crippen molar-refractivity contribution >= 4 is 17.8 Å². The van der Waals surface area contributed by atoms with Gasteiger partial charge in [0.1, 0.15) is 12.2 Å². The average molecular weight is 506 g/mol. The summed E-state index contributed by atoms with van der Waals surface area (Å²) in [6.45, 7) is 1.18. The number of aryl methyl sites for hydroxylation is 1. The summed E-state index contributed by atoms with van der Waals surface area (Å²) in [5, 5.41) is 2.56. The largest absolute Gasteiger partial charge is 0.461 e. The molecule has 36 heavy (non-hydrogen) atoms. The highest BCUT2D eigenvalue weighted by Gasteiger charge is 2.30. The van der Waals surface area contributed by atoms with Crippen molar-refractivity contribution in [3.8, 4) is 0 Å². The van der Waals surface area contributed by atoms with Gasteiger partial charge < -0.3 is 19.5 Å². The second kappa shape index (κ2) is 14.3. The molecule has 0 aromatic heterocycles. The number of hydrogen-bond acceptors (Lipinski definition) is 6. The number of nitrogens with one attached hydrogen (secondary N) is 1. The minimum Gasteiger partial charge on any atom is -0.461 e. The monoisotopic (exact) mass is 505 g/mol. The van der Waals surface area contributed by atoms with Crippen LogP contribution in [0.3, 0.4) is 0 Å². The van der Waals surface area contributed by atoms with Gasteiger partial charge in [0, 0.05) is 6.42 Å². The lowest BCUT2D eigenvalue weighted by Crippen LogP contribution is -2.45. The van der Waals surface area contributed by atoms with Crippen LogP contribution in [0.25, 0.3) is 0 Å². The van der Waals surface area contributed by atoms with Gasteiger partial charge >= 0.3 is 18.7 Å². The Morgan fingerprint density at radius 2 is 1.50 bits per heavy atom. The molecule has 0 radical (unpaired) electrons. The van der Waals surface area contributed by atoms with Gasteiger partial charge in [-0.15, -0.1) is 0 Å². The fraction of sp³-hybridized carbons (Fsp3) is 0.444. The molecule has 0 aliphatic heterocycles. The molecule has 0 heterocycles. The molecule has 2 rings (SSSR count). The topological polar surface area (TPSA) is 90.9 Å². The van der Waals surface area contributed by atoms with Gasteiger partial charge in [-0.3, -0.25) is 9.59 Å². The second-order valence-corrected chi connectivity index (χ2v) is 9.28. The maximum absolute atomic E-state index is 13.2. The predicted molar refractivity (Wildman–Crippen MR) is 129 cm³/mol. The van der Waals surface area contributed by atoms with Crippen LogP contribution in [0.5, 0.6) is 0 Å². The van der Waals surface area contributed by atoms with Crippen molar-refractivity contribution in [3.05, 3.63) is 71.8 Å². The molecule has 1 amide bonds. The number of halogens is 2. The van der Waals surface area contributed by atoms with Crippen molar-refractivity contribution in [1.29, 1.82) is 0 Å². The third-order valence-corrected chi connectivity index (χ3v) is 5.07. The van der Waals surface area contributed by atoms with E-state index in [4.69, 9.17) is 9.47 Å². The van der Waals surface area contributed by atoms with E-state index in [0.717, 1.165) is 5.56 Å². The fourth-order valence-corrected chi connectivity index (χ4v) is 3.35. The van der Waals surface area contributed by atoms with Crippen LogP contribution >= 0.6 is 0 Å². The van der Waals surface area contributed by atoms with Crippen molar-refractivity contribution in [2.75, 3.05) is 6.61 Å². The van der Waals surface area contributed by atoms with E-state index in [1.54, 1.807) is 51.1 Å². The predicted octanol–water partition coefficient (Wildman–Crippen LogP) is 5.07. The Labute approximate surface area is 210 Å². The molecule has 0 fully saturated rings. The molecule has 9 heteroatoms. The molecular formula is C27H33F2NO6. The summed E-state index contributed by atoms with van der Waals surface area (Å²) in [5.41, 5.74) is 0.866. The quantitative estimate of drug-likeness (QED) is 0.382. The van der Waals surface area contributed by atoms with Gasteiger partial charge in [0.25, 0.3) is 0 Å². The van der Waals surface area contributed by atoms with Crippen molar-refractivity contribution in [2.24, 2.45) is 5.92 Å². The van der Waals surface area contributed by atoms with E-state index < -0.39 is 55.0 Å². The number of rotatable bonds is 13. The minimum atomic E-state index is -3.11. The number of alkyl carbamates (subject to hydrolysis) is 1. The molecule has 196 valence electrons. The summed E-state index contributed by atoms with van der Waals surface area (Å²) < 4.78 is 40.3. The van der Waals surface area contributed by atoms with Crippen LogP contribution in [0.15, 0.2) is 60.7 Å². The Kier molecular flexibility index (Phi) is 11.5. The van der Waals surface area contributed by atoms with E-state index in [1.807, 2.05) is 30.3 Å². The number of ketones is 1. The lowest BCUT2D eigenvalue weighted by molar-refractivity contribution is -0.166. The van der Waals surface area contributed by atoms with Crippen LogP contribution in [0.2, 0.25) is 0 Å². The van der Waals surface area contributed by atoms with Gasteiger partial charge in [-0.1, -0.05) is 60.7 Å². The molecule has 0 saturated carbocycles. The first-order chi connectivity index (χ1) is 17.0. The molecule has 2 atom stereocenters. The normalized spacial score (nSPS) is 13.1. The highest BCUT2D eigenvalue weighted by Crippen LogP contribution is 2.16. The maximum Gasteiger partial charge on any atom is 0.408 e. The van der Waals surface area contributed by atoms with Gasteiger partial charge in [-0.25, -0.2) is 4.79 Å². The van der Waals surface area contributed by atoms with Crippen LogP contribution in [0.4, 0.5) is 13.6 Å². The van der Waals surface area contributed by atoms with Crippen LogP contribution in [-0.2, 0) is 36.8 Å². The standard InChI is InChI=1S/C27H33F2NO6/c1-27(2,3)36-26(33)30-22(15-14-19-10-6-4-7-11-19)23(31)16-21(18-35-25(28)29)24(32)34-17-20-12-8-5-9-13-20/h4-13,21-22,25H,14-18H2,1-3H3,(H,30,33)/t21-,22-/m0/s1. The summed E-state index contributed by atoms with van der Waals surface area (Å²) in [6, 6.07) is 17.2. The van der Waals surface area contributed by atoms with Crippen LogP contribution in [0.1, 0.15) is 44.7 Å². The average Bonchev–Trinajstić information content (AvgIpc) is 2.82. The summed E-state index contributed by atoms with van der Waals surface area (Å²) >= 11 is 0. The van der Waals surface area contributed by atoms with Crippen LogP contribution < -0.4 is 5.32 Å². The first-order valence-electron chi connectivity index (χ1n) is 11.7. The van der Waals surface area contributed by atoms with E-state index in [0.29, 0.717) is 12.0 Å². The zero-order valence-electron chi connectivity index (χ0n) is 20.7. The molecule has 0 saturated heterocycles. The minimum absolute atomic E-state index is 0.0767. The molecule has 0 aliphatic carbocycles. The smallest absolute Gasteiger partial charge is 0.408 e. The molecular weight excluding hydrogens is 472 g/mol. The lowest BCUT2D eigenvalue weighted by atomic mass is 9.95. The Bertz CT molecular complexity index is 963. The first-order valence-corrected chi connectivity index (χ1v) is 11.7. The first kappa shape index (κ1) is 28.9. The third kappa shape index (κ3) is 11.4. The number of alkyl halides is 2. The summed E-state index contributed by atoms with van der Waals surface area (Å²) in [7, 11) is 0. The maximum atomic E-state index is 13.2. The van der Waals surface area contributed by atoms with E-state index in [-0.39, 0.29) is 13.0 Å². The Morgan fingerprint density at radius 3 is 2.06 bits per heavy atom. The number of benzene rings is 2. The van der Waals surface area contributed by atoms with Crippen molar-refractivity contribution in [2.45, 2.75) is 64.9 Å². The SMILES string of the molecule is CC(C)(C)OC(=O)N[C@@H](CCc1ccccc1)C(=O)C[C@@H](COC(F)F)C(=O)OCc1ccccc1. The lowest BCUT2D eigenvalue weighted by Gasteiger charge is -2.24. The third-order valence-electron chi connectivity index (χ3n) is 5.07. The Balaban J connectivity index is 2.11. The van der Waals surface area contributed by atoms with Gasteiger partial charge in [-0.05, 0) is 44.7 Å².